The van der Waals surface area contributed by atoms with Gasteiger partial charge in [-0.1, -0.05) is 30.4 Å². The van der Waals surface area contributed by atoms with E-state index in [1.165, 1.54) is 22.3 Å². The predicted octanol–water partition coefficient (Wildman–Crippen LogP) is 5.43. The van der Waals surface area contributed by atoms with Crippen molar-refractivity contribution in [1.29, 1.82) is 0 Å². The Hall–Kier alpha value is -1.77. The van der Waals surface area contributed by atoms with Gasteiger partial charge < -0.3 is 9.47 Å². The number of halogens is 1. The maximum atomic E-state index is 5.97. The van der Waals surface area contributed by atoms with E-state index in [-0.39, 0.29) is 6.10 Å². The molecule has 0 radical (unpaired) electrons. The van der Waals surface area contributed by atoms with Gasteiger partial charge in [0.05, 0.1) is 12.7 Å². The van der Waals surface area contributed by atoms with E-state index in [9.17, 15) is 0 Å². The van der Waals surface area contributed by atoms with Crippen molar-refractivity contribution in [1.82, 2.24) is 0 Å². The molecule has 0 N–H and O–H groups in total. The highest BCUT2D eigenvalue weighted by Gasteiger charge is 2.13. The van der Waals surface area contributed by atoms with E-state index >= 15 is 0 Å². The zero-order valence-corrected chi connectivity index (χ0v) is 15.0. The van der Waals surface area contributed by atoms with Crippen LogP contribution < -0.4 is 4.74 Å². The van der Waals surface area contributed by atoms with Crippen LogP contribution >= 0.6 is 11.6 Å². The highest BCUT2D eigenvalue weighted by molar-refractivity contribution is 6.17. The highest BCUT2D eigenvalue weighted by atomic mass is 35.5. The van der Waals surface area contributed by atoms with Gasteiger partial charge >= 0.3 is 0 Å². The maximum absolute atomic E-state index is 5.97. The van der Waals surface area contributed by atoms with Crippen LogP contribution in [0.1, 0.15) is 23.1 Å². The first-order valence-corrected chi connectivity index (χ1v) is 8.86. The second kappa shape index (κ2) is 7.87. The molecule has 24 heavy (non-hydrogen) atoms. The minimum absolute atomic E-state index is 0.149. The van der Waals surface area contributed by atoms with Gasteiger partial charge in [0.25, 0.3) is 0 Å². The van der Waals surface area contributed by atoms with Gasteiger partial charge in [0, 0.05) is 5.88 Å². The first kappa shape index (κ1) is 17.1. The van der Waals surface area contributed by atoms with Crippen LogP contribution in [0.4, 0.5) is 0 Å². The van der Waals surface area contributed by atoms with E-state index in [1.807, 2.05) is 0 Å². The third-order valence-corrected chi connectivity index (χ3v) is 4.61. The number of aryl methyl sites for hydroxylation is 2. The van der Waals surface area contributed by atoms with Gasteiger partial charge in [-0.15, -0.1) is 11.6 Å². The van der Waals surface area contributed by atoms with Crippen molar-refractivity contribution in [2.45, 2.75) is 32.3 Å². The summed E-state index contributed by atoms with van der Waals surface area (Å²) in [7, 11) is 0. The lowest BCUT2D eigenvalue weighted by Gasteiger charge is -2.20. The Morgan fingerprint density at radius 2 is 1.92 bits per heavy atom. The smallest absolute Gasteiger partial charge is 0.120 e. The summed E-state index contributed by atoms with van der Waals surface area (Å²) in [4.78, 5) is 0. The molecule has 0 amide bonds. The number of hydrogen-bond acceptors (Lipinski definition) is 2. The van der Waals surface area contributed by atoms with E-state index in [0.29, 0.717) is 19.1 Å². The molecule has 0 fully saturated rings. The number of ether oxygens (including phenoxy) is 2. The van der Waals surface area contributed by atoms with Crippen molar-refractivity contribution >= 4 is 11.6 Å². The molecule has 1 aliphatic rings. The molecule has 0 spiro atoms. The van der Waals surface area contributed by atoms with E-state index in [1.54, 1.807) is 0 Å². The zero-order valence-electron chi connectivity index (χ0n) is 14.2. The second-order valence-electron chi connectivity index (χ2n) is 6.24. The second-order valence-corrected chi connectivity index (χ2v) is 6.51. The van der Waals surface area contributed by atoms with Crippen LogP contribution in [0.2, 0.25) is 0 Å². The van der Waals surface area contributed by atoms with Crippen LogP contribution in [0.5, 0.6) is 5.75 Å². The molecule has 0 saturated carbocycles. The normalized spacial score (nSPS) is 17.0. The molecule has 2 nitrogen and oxygen atoms in total. The summed E-state index contributed by atoms with van der Waals surface area (Å²) in [5.74, 6) is 1.43. The highest BCUT2D eigenvalue weighted by Crippen LogP contribution is 2.32. The Bertz CT molecular complexity index is 713. The zero-order chi connectivity index (χ0) is 16.9. The molecule has 0 aromatic heterocycles. The van der Waals surface area contributed by atoms with Crippen molar-refractivity contribution in [3.05, 3.63) is 65.2 Å². The fourth-order valence-corrected chi connectivity index (χ4v) is 3.32. The Balaban J connectivity index is 1.79. The van der Waals surface area contributed by atoms with Crippen LogP contribution in [-0.2, 0) is 10.6 Å². The fraction of sp³-hybridized carbons (Fsp3) is 0.333. The van der Waals surface area contributed by atoms with E-state index in [0.717, 1.165) is 17.7 Å². The molecule has 0 bridgehead atoms. The molecule has 1 heterocycles. The van der Waals surface area contributed by atoms with Gasteiger partial charge in [-0.05, 0) is 66.3 Å². The first-order chi connectivity index (χ1) is 11.7. The molecule has 3 rings (SSSR count). The van der Waals surface area contributed by atoms with E-state index in [2.05, 4.69) is 62.4 Å². The van der Waals surface area contributed by atoms with Crippen LogP contribution in [-0.4, -0.2) is 19.3 Å². The average molecular weight is 343 g/mol. The van der Waals surface area contributed by atoms with Crippen molar-refractivity contribution in [2.75, 3.05) is 13.2 Å². The fourth-order valence-electron chi connectivity index (χ4n) is 3.15. The van der Waals surface area contributed by atoms with Crippen LogP contribution in [0.3, 0.4) is 0 Å². The lowest BCUT2D eigenvalue weighted by Crippen LogP contribution is -2.23. The van der Waals surface area contributed by atoms with Gasteiger partial charge in [-0.25, -0.2) is 0 Å². The average Bonchev–Trinajstić information content (AvgIpc) is 2.60. The molecule has 126 valence electrons. The van der Waals surface area contributed by atoms with Gasteiger partial charge in [-0.2, -0.15) is 0 Å². The molecule has 1 atom stereocenters. The first-order valence-electron chi connectivity index (χ1n) is 8.33. The van der Waals surface area contributed by atoms with Crippen molar-refractivity contribution < 1.29 is 9.47 Å². The van der Waals surface area contributed by atoms with Crippen LogP contribution in [0.25, 0.3) is 11.1 Å². The summed E-state index contributed by atoms with van der Waals surface area (Å²) in [6, 6.07) is 12.6. The van der Waals surface area contributed by atoms with E-state index < -0.39 is 0 Å². The monoisotopic (exact) mass is 342 g/mol. The Labute approximate surface area is 149 Å². The summed E-state index contributed by atoms with van der Waals surface area (Å²) in [6.45, 7) is 5.52. The maximum Gasteiger partial charge on any atom is 0.120 e. The molecule has 0 saturated heterocycles. The summed E-state index contributed by atoms with van der Waals surface area (Å²) in [5.41, 5.74) is 6.01. The lowest BCUT2D eigenvalue weighted by atomic mass is 9.94. The third kappa shape index (κ3) is 4.00. The molecule has 0 unspecified atom stereocenters. The molecule has 2 aromatic carbocycles. The SMILES string of the molecule is Cc1cc(OC[C@@H]2CC=CCO2)cc(C)c1-c1cccc(CCl)c1. The van der Waals surface area contributed by atoms with E-state index in [4.69, 9.17) is 21.1 Å². The number of alkyl halides is 1. The molecule has 1 aliphatic heterocycles. The lowest BCUT2D eigenvalue weighted by molar-refractivity contribution is 0.0316. The Morgan fingerprint density at radius 1 is 1.12 bits per heavy atom. The largest absolute Gasteiger partial charge is 0.491 e. The minimum atomic E-state index is 0.149. The standard InChI is InChI=1S/C21H23ClO2/c1-15-10-20(24-14-19-8-3-4-9-23-19)11-16(2)21(15)18-7-5-6-17(12-18)13-22/h3-7,10-12,19H,8-9,13-14H2,1-2H3/t19-/m0/s1. The van der Waals surface area contributed by atoms with Gasteiger partial charge in [-0.3, -0.25) is 0 Å². The number of benzene rings is 2. The van der Waals surface area contributed by atoms with Crippen LogP contribution in [0, 0.1) is 13.8 Å². The Kier molecular flexibility index (Phi) is 5.60. The number of hydrogen-bond donors (Lipinski definition) is 0. The summed E-state index contributed by atoms with van der Waals surface area (Å²) in [6.07, 6.45) is 5.27. The molecule has 3 heteroatoms. The van der Waals surface area contributed by atoms with Crippen molar-refractivity contribution in [2.24, 2.45) is 0 Å². The van der Waals surface area contributed by atoms with Gasteiger partial charge in [0.2, 0.25) is 0 Å². The van der Waals surface area contributed by atoms with Crippen molar-refractivity contribution in [3.8, 4) is 16.9 Å². The molecular formula is C21H23ClO2. The van der Waals surface area contributed by atoms with Crippen molar-refractivity contribution in [3.63, 3.8) is 0 Å². The number of rotatable bonds is 5. The predicted molar refractivity (Wildman–Crippen MR) is 99.9 cm³/mol. The Morgan fingerprint density at radius 3 is 2.58 bits per heavy atom. The third-order valence-electron chi connectivity index (χ3n) is 4.31. The summed E-state index contributed by atoms with van der Waals surface area (Å²) >= 11 is 5.97. The van der Waals surface area contributed by atoms with Crippen LogP contribution in [0.15, 0.2) is 48.6 Å². The molecular weight excluding hydrogens is 320 g/mol. The molecule has 0 aliphatic carbocycles. The summed E-state index contributed by atoms with van der Waals surface area (Å²) in [5, 5.41) is 0. The van der Waals surface area contributed by atoms with Gasteiger partial charge in [0.15, 0.2) is 0 Å². The molecule has 2 aromatic rings. The minimum Gasteiger partial charge on any atom is -0.491 e. The summed E-state index contributed by atoms with van der Waals surface area (Å²) < 4.78 is 11.6. The quantitative estimate of drug-likeness (QED) is 0.532. The topological polar surface area (TPSA) is 18.5 Å². The van der Waals surface area contributed by atoms with Gasteiger partial charge in [0.1, 0.15) is 12.4 Å².